The quantitative estimate of drug-likeness (QED) is 0.616. The molecule has 0 unspecified atom stereocenters. The van der Waals surface area contributed by atoms with Gasteiger partial charge in [0.15, 0.2) is 0 Å². The van der Waals surface area contributed by atoms with Gasteiger partial charge in [0.25, 0.3) is 0 Å². The Morgan fingerprint density at radius 2 is 1.88 bits per heavy atom. The fraction of sp³-hybridized carbons (Fsp3) is 0.400. The summed E-state index contributed by atoms with van der Waals surface area (Å²) >= 11 is 0. The van der Waals surface area contributed by atoms with Crippen LogP contribution in [-0.4, -0.2) is 19.3 Å². The van der Waals surface area contributed by atoms with E-state index in [0.29, 0.717) is 5.56 Å². The zero-order chi connectivity index (χ0) is 17.2. The van der Waals surface area contributed by atoms with E-state index in [1.54, 1.807) is 12.1 Å². The van der Waals surface area contributed by atoms with Crippen LogP contribution in [0.15, 0.2) is 48.5 Å². The van der Waals surface area contributed by atoms with Gasteiger partial charge in [0.2, 0.25) is 0 Å². The van der Waals surface area contributed by atoms with Gasteiger partial charge >= 0.3 is 0 Å². The van der Waals surface area contributed by atoms with E-state index in [-0.39, 0.29) is 30.9 Å². The van der Waals surface area contributed by atoms with Crippen LogP contribution in [0.1, 0.15) is 31.4 Å². The minimum Gasteiger partial charge on any atom is -0.489 e. The molecule has 0 radical (unpaired) electrons. The molecule has 0 aliphatic rings. The van der Waals surface area contributed by atoms with E-state index in [9.17, 15) is 4.39 Å². The van der Waals surface area contributed by atoms with Crippen molar-refractivity contribution in [2.24, 2.45) is 0 Å². The highest BCUT2D eigenvalue weighted by Gasteiger charge is 2.02. The van der Waals surface area contributed by atoms with Crippen LogP contribution < -0.4 is 10.1 Å². The highest BCUT2D eigenvalue weighted by atomic mass is 35.5. The van der Waals surface area contributed by atoms with Crippen LogP contribution in [-0.2, 0) is 17.9 Å². The molecule has 5 heteroatoms. The molecule has 2 aromatic rings. The standard InChI is InChI=1S/C20H26FNO2.ClH/c1-16(2)23-12-6-11-22-14-17-7-5-9-19(13-17)24-15-18-8-3-4-10-20(18)21;/h3-5,7-10,13,16,22H,6,11-12,14-15H2,1-2H3;1H. The molecule has 0 aliphatic carbocycles. The Morgan fingerprint density at radius 1 is 1.08 bits per heavy atom. The summed E-state index contributed by atoms with van der Waals surface area (Å²) in [5.74, 6) is 0.514. The number of nitrogens with one attached hydrogen (secondary N) is 1. The summed E-state index contributed by atoms with van der Waals surface area (Å²) in [5, 5.41) is 3.39. The lowest BCUT2D eigenvalue weighted by Gasteiger charge is -2.10. The molecule has 25 heavy (non-hydrogen) atoms. The predicted molar refractivity (Wildman–Crippen MR) is 102 cm³/mol. The van der Waals surface area contributed by atoms with Gasteiger partial charge in [-0.25, -0.2) is 4.39 Å². The SMILES string of the molecule is CC(C)OCCCNCc1cccc(OCc2ccccc2F)c1.Cl. The molecule has 0 saturated heterocycles. The summed E-state index contributed by atoms with van der Waals surface area (Å²) in [6, 6.07) is 14.5. The van der Waals surface area contributed by atoms with Gasteiger partial charge in [0.1, 0.15) is 18.2 Å². The van der Waals surface area contributed by atoms with E-state index >= 15 is 0 Å². The van der Waals surface area contributed by atoms with Crippen LogP contribution in [0.25, 0.3) is 0 Å². The molecule has 0 amide bonds. The average Bonchev–Trinajstić information content (AvgIpc) is 2.57. The normalized spacial score (nSPS) is 10.6. The molecule has 2 rings (SSSR count). The molecule has 3 nitrogen and oxygen atoms in total. The third kappa shape index (κ3) is 8.34. The van der Waals surface area contributed by atoms with Crippen molar-refractivity contribution in [3.8, 4) is 5.75 Å². The molecular weight excluding hydrogens is 341 g/mol. The van der Waals surface area contributed by atoms with Crippen molar-refractivity contribution in [2.45, 2.75) is 39.5 Å². The Morgan fingerprint density at radius 3 is 2.64 bits per heavy atom. The number of benzene rings is 2. The Labute approximate surface area is 156 Å². The summed E-state index contributed by atoms with van der Waals surface area (Å²) in [4.78, 5) is 0. The van der Waals surface area contributed by atoms with E-state index in [2.05, 4.69) is 5.32 Å². The molecule has 0 aromatic heterocycles. The van der Waals surface area contributed by atoms with Crippen LogP contribution in [0, 0.1) is 5.82 Å². The van der Waals surface area contributed by atoms with Crippen molar-refractivity contribution in [3.63, 3.8) is 0 Å². The second kappa shape index (κ2) is 11.9. The molecule has 0 heterocycles. The Balaban J connectivity index is 0.00000312. The van der Waals surface area contributed by atoms with Gasteiger partial charge in [-0.2, -0.15) is 0 Å². The maximum Gasteiger partial charge on any atom is 0.129 e. The zero-order valence-corrected chi connectivity index (χ0v) is 15.7. The first-order valence-electron chi connectivity index (χ1n) is 8.42. The van der Waals surface area contributed by atoms with E-state index in [1.165, 1.54) is 6.07 Å². The van der Waals surface area contributed by atoms with Crippen molar-refractivity contribution in [1.82, 2.24) is 5.32 Å². The van der Waals surface area contributed by atoms with Crippen LogP contribution in [0.5, 0.6) is 5.75 Å². The van der Waals surface area contributed by atoms with Crippen molar-refractivity contribution < 1.29 is 13.9 Å². The van der Waals surface area contributed by atoms with Crippen LogP contribution in [0.2, 0.25) is 0 Å². The van der Waals surface area contributed by atoms with Crippen molar-refractivity contribution >= 4 is 12.4 Å². The fourth-order valence-corrected chi connectivity index (χ4v) is 2.27. The smallest absolute Gasteiger partial charge is 0.129 e. The lowest BCUT2D eigenvalue weighted by molar-refractivity contribution is 0.0770. The largest absolute Gasteiger partial charge is 0.489 e. The molecule has 138 valence electrons. The summed E-state index contributed by atoms with van der Waals surface area (Å²) in [6.45, 7) is 6.78. The van der Waals surface area contributed by atoms with Gasteiger partial charge < -0.3 is 14.8 Å². The number of hydrogen-bond acceptors (Lipinski definition) is 3. The molecular formula is C20H27ClFNO2. The summed E-state index contributed by atoms with van der Waals surface area (Å²) in [6.07, 6.45) is 1.27. The number of ether oxygens (including phenoxy) is 2. The minimum absolute atomic E-state index is 0. The highest BCUT2D eigenvalue weighted by molar-refractivity contribution is 5.85. The van der Waals surface area contributed by atoms with E-state index < -0.39 is 0 Å². The maximum atomic E-state index is 13.6. The third-order valence-electron chi connectivity index (χ3n) is 3.53. The number of rotatable bonds is 10. The first kappa shape index (κ1) is 21.4. The Hall–Kier alpha value is -1.62. The van der Waals surface area contributed by atoms with Crippen molar-refractivity contribution in [2.75, 3.05) is 13.2 Å². The van der Waals surface area contributed by atoms with Gasteiger partial charge in [-0.15, -0.1) is 12.4 Å². The topological polar surface area (TPSA) is 30.5 Å². The summed E-state index contributed by atoms with van der Waals surface area (Å²) in [5.41, 5.74) is 1.71. The molecule has 0 atom stereocenters. The van der Waals surface area contributed by atoms with Crippen LogP contribution in [0.4, 0.5) is 4.39 Å². The molecule has 0 spiro atoms. The minimum atomic E-state index is -0.237. The van der Waals surface area contributed by atoms with Crippen molar-refractivity contribution in [1.29, 1.82) is 0 Å². The zero-order valence-electron chi connectivity index (χ0n) is 14.8. The first-order chi connectivity index (χ1) is 11.6. The van der Waals surface area contributed by atoms with E-state index in [1.807, 2.05) is 44.2 Å². The Bertz CT molecular complexity index is 622. The molecule has 2 aromatic carbocycles. The monoisotopic (exact) mass is 367 g/mol. The first-order valence-corrected chi connectivity index (χ1v) is 8.42. The van der Waals surface area contributed by atoms with Gasteiger partial charge in [0.05, 0.1) is 6.10 Å². The highest BCUT2D eigenvalue weighted by Crippen LogP contribution is 2.16. The lowest BCUT2D eigenvalue weighted by Crippen LogP contribution is -2.17. The second-order valence-electron chi connectivity index (χ2n) is 5.98. The Kier molecular flexibility index (Phi) is 10.2. The lowest BCUT2D eigenvalue weighted by atomic mass is 10.2. The summed E-state index contributed by atoms with van der Waals surface area (Å²) in [7, 11) is 0. The van der Waals surface area contributed by atoms with E-state index in [4.69, 9.17) is 9.47 Å². The van der Waals surface area contributed by atoms with Gasteiger partial charge in [-0.3, -0.25) is 0 Å². The number of halogens is 2. The van der Waals surface area contributed by atoms with Crippen molar-refractivity contribution in [3.05, 3.63) is 65.5 Å². The maximum absolute atomic E-state index is 13.6. The van der Waals surface area contributed by atoms with Gasteiger partial charge in [-0.05, 0) is 50.6 Å². The third-order valence-corrected chi connectivity index (χ3v) is 3.53. The van der Waals surface area contributed by atoms with Crippen LogP contribution >= 0.6 is 12.4 Å². The molecule has 0 aliphatic heterocycles. The van der Waals surface area contributed by atoms with Gasteiger partial charge in [-0.1, -0.05) is 30.3 Å². The van der Waals surface area contributed by atoms with Gasteiger partial charge in [0, 0.05) is 18.7 Å². The molecule has 1 N–H and O–H groups in total. The molecule has 0 bridgehead atoms. The molecule has 0 saturated carbocycles. The van der Waals surface area contributed by atoms with E-state index in [0.717, 1.165) is 37.4 Å². The second-order valence-corrected chi connectivity index (χ2v) is 5.98. The fourth-order valence-electron chi connectivity index (χ4n) is 2.27. The average molecular weight is 368 g/mol. The predicted octanol–water partition coefficient (Wildman–Crippen LogP) is 4.73. The van der Waals surface area contributed by atoms with Crippen LogP contribution in [0.3, 0.4) is 0 Å². The summed E-state index contributed by atoms with van der Waals surface area (Å²) < 4.78 is 24.8. The number of hydrogen-bond donors (Lipinski definition) is 1. The molecule has 0 fully saturated rings.